The van der Waals surface area contributed by atoms with E-state index in [1.54, 1.807) is 12.1 Å². The number of hydrazone groups is 1. The summed E-state index contributed by atoms with van der Waals surface area (Å²) in [6.07, 6.45) is 1.24. The lowest BCUT2D eigenvalue weighted by molar-refractivity contribution is 0.403. The van der Waals surface area contributed by atoms with Crippen LogP contribution in [0.25, 0.3) is 0 Å². The van der Waals surface area contributed by atoms with Crippen LogP contribution in [-0.2, 0) is 15.4 Å². The van der Waals surface area contributed by atoms with Gasteiger partial charge in [-0.2, -0.15) is 13.5 Å². The van der Waals surface area contributed by atoms with Gasteiger partial charge in [0.1, 0.15) is 0 Å². The lowest BCUT2D eigenvalue weighted by Crippen LogP contribution is -2.19. The van der Waals surface area contributed by atoms with Crippen LogP contribution in [0.15, 0.2) is 52.5 Å². The van der Waals surface area contributed by atoms with Gasteiger partial charge in [0.15, 0.2) is 11.5 Å². The van der Waals surface area contributed by atoms with Gasteiger partial charge in [0, 0.05) is 0 Å². The number of aromatic hydroxyl groups is 2. The molecule has 7 heteroatoms. The van der Waals surface area contributed by atoms with Crippen LogP contribution in [0.2, 0.25) is 0 Å². The van der Waals surface area contributed by atoms with Crippen molar-refractivity contribution in [3.63, 3.8) is 0 Å². The molecule has 0 radical (unpaired) electrons. The van der Waals surface area contributed by atoms with Gasteiger partial charge >= 0.3 is 0 Å². The average molecular weight is 348 g/mol. The highest BCUT2D eigenvalue weighted by molar-refractivity contribution is 7.89. The zero-order valence-electron chi connectivity index (χ0n) is 13.7. The highest BCUT2D eigenvalue weighted by Gasteiger charge is 2.16. The summed E-state index contributed by atoms with van der Waals surface area (Å²) in [6, 6.07) is 10.7. The molecule has 0 saturated carbocycles. The third-order valence-electron chi connectivity index (χ3n) is 3.42. The van der Waals surface area contributed by atoms with Crippen molar-refractivity contribution in [1.29, 1.82) is 0 Å². The second-order valence-corrected chi connectivity index (χ2v) is 8.04. The van der Waals surface area contributed by atoms with E-state index in [2.05, 4.69) is 9.93 Å². The van der Waals surface area contributed by atoms with Crippen molar-refractivity contribution < 1.29 is 18.6 Å². The number of rotatable bonds is 4. The molecule has 0 bridgehead atoms. The molecule has 0 unspecified atom stereocenters. The maximum absolute atomic E-state index is 12.2. The van der Waals surface area contributed by atoms with Crippen LogP contribution in [0.4, 0.5) is 0 Å². The minimum absolute atomic E-state index is 0.0608. The van der Waals surface area contributed by atoms with E-state index in [1.165, 1.54) is 36.5 Å². The Morgan fingerprint density at radius 2 is 1.62 bits per heavy atom. The van der Waals surface area contributed by atoms with E-state index in [1.807, 2.05) is 20.8 Å². The Hall–Kier alpha value is -2.54. The first-order valence-corrected chi connectivity index (χ1v) is 8.75. The van der Waals surface area contributed by atoms with E-state index >= 15 is 0 Å². The number of sulfonamides is 1. The minimum atomic E-state index is -3.77. The largest absolute Gasteiger partial charge is 0.504 e. The first-order valence-electron chi connectivity index (χ1n) is 7.27. The maximum atomic E-state index is 12.2. The number of hydrogen-bond donors (Lipinski definition) is 3. The molecule has 0 aromatic heterocycles. The van der Waals surface area contributed by atoms with Gasteiger partial charge < -0.3 is 10.2 Å². The van der Waals surface area contributed by atoms with Crippen LogP contribution in [0, 0.1) is 0 Å². The topological polar surface area (TPSA) is 99.0 Å². The normalized spacial score (nSPS) is 12.5. The van der Waals surface area contributed by atoms with Gasteiger partial charge in [-0.3, -0.25) is 0 Å². The van der Waals surface area contributed by atoms with Crippen LogP contribution in [0.1, 0.15) is 31.9 Å². The van der Waals surface area contributed by atoms with Crippen molar-refractivity contribution >= 4 is 16.2 Å². The maximum Gasteiger partial charge on any atom is 0.276 e. The summed E-state index contributed by atoms with van der Waals surface area (Å²) in [6.45, 7) is 6.14. The fraction of sp³-hybridized carbons (Fsp3) is 0.235. The fourth-order valence-electron chi connectivity index (χ4n) is 1.98. The van der Waals surface area contributed by atoms with Crippen molar-refractivity contribution in [2.24, 2.45) is 5.10 Å². The molecule has 0 spiro atoms. The molecule has 24 heavy (non-hydrogen) atoms. The molecule has 0 heterocycles. The van der Waals surface area contributed by atoms with Crippen molar-refractivity contribution in [2.75, 3.05) is 0 Å². The second kappa shape index (κ2) is 6.52. The van der Waals surface area contributed by atoms with Crippen LogP contribution < -0.4 is 4.83 Å². The molecule has 6 nitrogen and oxygen atoms in total. The zero-order valence-corrected chi connectivity index (χ0v) is 14.5. The van der Waals surface area contributed by atoms with Crippen molar-refractivity contribution in [3.8, 4) is 11.5 Å². The Kier molecular flexibility index (Phi) is 4.84. The van der Waals surface area contributed by atoms with Crippen molar-refractivity contribution in [2.45, 2.75) is 31.1 Å². The number of nitrogens with one attached hydrogen (secondary N) is 1. The molecular formula is C17H20N2O4S. The summed E-state index contributed by atoms with van der Waals surface area (Å²) in [5.41, 5.74) is 1.41. The van der Waals surface area contributed by atoms with Crippen molar-refractivity contribution in [1.82, 2.24) is 4.83 Å². The van der Waals surface area contributed by atoms with E-state index < -0.39 is 10.0 Å². The van der Waals surface area contributed by atoms with Crippen LogP contribution >= 0.6 is 0 Å². The first-order chi connectivity index (χ1) is 11.1. The number of phenols is 2. The molecule has 0 fully saturated rings. The third-order valence-corrected chi connectivity index (χ3v) is 4.66. The zero-order chi connectivity index (χ0) is 18.0. The van der Waals surface area contributed by atoms with Gasteiger partial charge in [0.05, 0.1) is 11.1 Å². The summed E-state index contributed by atoms with van der Waals surface area (Å²) >= 11 is 0. The number of benzene rings is 2. The molecule has 0 aliphatic rings. The molecule has 128 valence electrons. The van der Waals surface area contributed by atoms with E-state index in [0.29, 0.717) is 5.56 Å². The lowest BCUT2D eigenvalue weighted by atomic mass is 9.87. The number of phenolic OH excluding ortho intramolecular Hbond substituents is 2. The molecule has 0 aliphatic carbocycles. The van der Waals surface area contributed by atoms with Gasteiger partial charge in [-0.05, 0) is 46.9 Å². The molecule has 2 aromatic rings. The monoisotopic (exact) mass is 348 g/mol. The summed E-state index contributed by atoms with van der Waals surface area (Å²) in [5.74, 6) is -0.564. The van der Waals surface area contributed by atoms with Gasteiger partial charge in [-0.15, -0.1) is 0 Å². The Morgan fingerprint density at radius 1 is 1.00 bits per heavy atom. The molecule has 0 atom stereocenters. The summed E-state index contributed by atoms with van der Waals surface area (Å²) in [4.78, 5) is 2.23. The Morgan fingerprint density at radius 3 is 2.17 bits per heavy atom. The summed E-state index contributed by atoms with van der Waals surface area (Å²) in [7, 11) is -3.77. The smallest absolute Gasteiger partial charge is 0.276 e. The van der Waals surface area contributed by atoms with Crippen LogP contribution in [-0.4, -0.2) is 24.8 Å². The van der Waals surface area contributed by atoms with Gasteiger partial charge in [0.25, 0.3) is 10.0 Å². The van der Waals surface area contributed by atoms with Gasteiger partial charge in [0.2, 0.25) is 0 Å². The fourth-order valence-corrected chi connectivity index (χ4v) is 2.77. The predicted molar refractivity (Wildman–Crippen MR) is 92.8 cm³/mol. The van der Waals surface area contributed by atoms with Gasteiger partial charge in [-0.1, -0.05) is 32.9 Å². The molecule has 0 saturated heterocycles. The van der Waals surface area contributed by atoms with E-state index in [9.17, 15) is 18.6 Å². The Balaban J connectivity index is 2.13. The Bertz CT molecular complexity index is 851. The van der Waals surface area contributed by atoms with E-state index in [0.717, 1.165) is 5.56 Å². The quantitative estimate of drug-likeness (QED) is 0.449. The molecule has 2 rings (SSSR count). The third kappa shape index (κ3) is 4.26. The summed E-state index contributed by atoms with van der Waals surface area (Å²) in [5, 5.41) is 22.3. The predicted octanol–water partition coefficient (Wildman–Crippen LogP) is 2.71. The van der Waals surface area contributed by atoms with Crippen LogP contribution in [0.5, 0.6) is 11.5 Å². The number of nitrogens with zero attached hydrogens (tertiary/aromatic N) is 1. The first kappa shape index (κ1) is 17.8. The Labute approximate surface area is 141 Å². The molecular weight excluding hydrogens is 328 g/mol. The lowest BCUT2D eigenvalue weighted by Gasteiger charge is -2.19. The summed E-state index contributed by atoms with van der Waals surface area (Å²) < 4.78 is 24.4. The van der Waals surface area contributed by atoms with E-state index in [-0.39, 0.29) is 21.8 Å². The minimum Gasteiger partial charge on any atom is -0.504 e. The van der Waals surface area contributed by atoms with E-state index in [4.69, 9.17) is 0 Å². The standard InChI is InChI=1S/C17H20N2O4S/c1-17(2,3)13-5-7-14(8-6-13)24(22,23)19-18-11-12-4-9-15(20)16(21)10-12/h4-11,19-21H,1-3H3. The van der Waals surface area contributed by atoms with Gasteiger partial charge in [-0.25, -0.2) is 4.83 Å². The van der Waals surface area contributed by atoms with Crippen LogP contribution in [0.3, 0.4) is 0 Å². The SMILES string of the molecule is CC(C)(C)c1ccc(S(=O)(=O)NN=Cc2ccc(O)c(O)c2)cc1. The molecule has 0 aliphatic heterocycles. The number of hydrogen-bond acceptors (Lipinski definition) is 5. The highest BCUT2D eigenvalue weighted by atomic mass is 32.2. The molecule has 2 aromatic carbocycles. The highest BCUT2D eigenvalue weighted by Crippen LogP contribution is 2.24. The second-order valence-electron chi connectivity index (χ2n) is 6.38. The molecule has 0 amide bonds. The average Bonchev–Trinajstić information content (AvgIpc) is 2.50. The van der Waals surface area contributed by atoms with Crippen molar-refractivity contribution in [3.05, 3.63) is 53.6 Å². The molecule has 3 N–H and O–H groups in total.